The van der Waals surface area contributed by atoms with Gasteiger partial charge in [-0.05, 0) is 44.2 Å². The van der Waals surface area contributed by atoms with E-state index in [0.717, 1.165) is 33.0 Å². The molecule has 1 saturated heterocycles. The second-order valence-electron chi connectivity index (χ2n) is 8.82. The summed E-state index contributed by atoms with van der Waals surface area (Å²) in [4.78, 5) is 39.7. The van der Waals surface area contributed by atoms with Crippen molar-refractivity contribution in [3.05, 3.63) is 52.5 Å². The van der Waals surface area contributed by atoms with Crippen LogP contribution in [0.2, 0.25) is 0 Å². The summed E-state index contributed by atoms with van der Waals surface area (Å²) < 4.78 is 1.91. The number of carbonyl (C=O) groups is 3. The maximum Gasteiger partial charge on any atom is 0.344 e. The van der Waals surface area contributed by atoms with Gasteiger partial charge in [0, 0.05) is 11.9 Å². The van der Waals surface area contributed by atoms with Gasteiger partial charge in [-0.1, -0.05) is 44.2 Å². The van der Waals surface area contributed by atoms with Crippen LogP contribution < -0.4 is 10.7 Å². The molecule has 3 heterocycles. The van der Waals surface area contributed by atoms with E-state index < -0.39 is 23.4 Å². The predicted octanol–water partition coefficient (Wildman–Crippen LogP) is 3.65. The quantitative estimate of drug-likeness (QED) is 0.534. The number of rotatable bonds is 7. The molecule has 168 valence electrons. The predicted molar refractivity (Wildman–Crippen MR) is 123 cm³/mol. The van der Waals surface area contributed by atoms with Gasteiger partial charge in [0.15, 0.2) is 0 Å². The molecule has 3 aromatic rings. The largest absolute Gasteiger partial charge is 0.344 e. The van der Waals surface area contributed by atoms with Crippen molar-refractivity contribution in [3.8, 4) is 0 Å². The highest BCUT2D eigenvalue weighted by atomic mass is 32.1. The first-order valence-corrected chi connectivity index (χ1v) is 11.5. The van der Waals surface area contributed by atoms with E-state index in [-0.39, 0.29) is 0 Å². The Morgan fingerprint density at radius 3 is 2.66 bits per heavy atom. The number of hydrogen-bond acceptors (Lipinski definition) is 5. The van der Waals surface area contributed by atoms with Crippen LogP contribution >= 0.6 is 11.3 Å². The molecule has 0 unspecified atom stereocenters. The summed E-state index contributed by atoms with van der Waals surface area (Å²) in [6.07, 6.45) is 1.06. The molecular formula is C23H27N5O3S. The molecule has 0 aliphatic carbocycles. The average molecular weight is 454 g/mol. The van der Waals surface area contributed by atoms with Crippen LogP contribution in [0, 0.1) is 12.8 Å². The Hall–Kier alpha value is -3.20. The van der Waals surface area contributed by atoms with Crippen LogP contribution in [0.15, 0.2) is 36.4 Å². The number of aromatic nitrogens is 2. The molecular weight excluding hydrogens is 426 g/mol. The second-order valence-corrected chi connectivity index (χ2v) is 9.85. The molecule has 1 atom stereocenters. The second kappa shape index (κ2) is 8.38. The zero-order valence-electron chi connectivity index (χ0n) is 18.6. The molecule has 1 aliphatic rings. The highest BCUT2D eigenvalue weighted by molar-refractivity contribution is 7.20. The van der Waals surface area contributed by atoms with Crippen molar-refractivity contribution in [3.63, 3.8) is 0 Å². The average Bonchev–Trinajstić information content (AvgIpc) is 3.37. The number of imide groups is 1. The van der Waals surface area contributed by atoms with Gasteiger partial charge < -0.3 is 5.32 Å². The molecule has 4 rings (SSSR count). The fraction of sp³-hybridized carbons (Fsp3) is 0.391. The van der Waals surface area contributed by atoms with Crippen molar-refractivity contribution in [2.75, 3.05) is 0 Å². The highest BCUT2D eigenvalue weighted by Gasteiger charge is 2.48. The number of hydrazine groups is 1. The number of carbonyl (C=O) groups excluding carboxylic acids is 3. The number of nitrogens with zero attached hydrogens (tertiary/aromatic N) is 3. The van der Waals surface area contributed by atoms with Crippen molar-refractivity contribution in [1.29, 1.82) is 0 Å². The Bertz CT molecular complexity index is 1180. The molecule has 1 aromatic carbocycles. The van der Waals surface area contributed by atoms with Crippen molar-refractivity contribution in [1.82, 2.24) is 25.5 Å². The van der Waals surface area contributed by atoms with Crippen LogP contribution in [-0.4, -0.2) is 38.2 Å². The number of amides is 4. The smallest absolute Gasteiger partial charge is 0.322 e. The number of fused-ring (bicyclic) bond motifs is 1. The number of nitrogens with one attached hydrogen (secondary N) is 2. The van der Waals surface area contributed by atoms with Gasteiger partial charge in [-0.25, -0.2) is 4.79 Å². The third-order valence-electron chi connectivity index (χ3n) is 5.60. The maximum absolute atomic E-state index is 13.0. The summed E-state index contributed by atoms with van der Waals surface area (Å²) in [5.41, 5.74) is 3.34. The maximum atomic E-state index is 13.0. The van der Waals surface area contributed by atoms with E-state index in [0.29, 0.717) is 23.6 Å². The van der Waals surface area contributed by atoms with Crippen LogP contribution in [0.25, 0.3) is 10.2 Å². The zero-order chi connectivity index (χ0) is 23.0. The number of thiophene rings is 1. The minimum Gasteiger partial charge on any atom is -0.322 e. The molecule has 0 spiro atoms. The summed E-state index contributed by atoms with van der Waals surface area (Å²) in [5.74, 6) is -0.538. The molecule has 2 N–H and O–H groups in total. The van der Waals surface area contributed by atoms with Gasteiger partial charge in [0.05, 0.1) is 10.6 Å². The molecule has 0 radical (unpaired) electrons. The monoisotopic (exact) mass is 453 g/mol. The fourth-order valence-electron chi connectivity index (χ4n) is 3.85. The Morgan fingerprint density at radius 2 is 1.97 bits per heavy atom. The molecule has 8 nitrogen and oxygen atoms in total. The van der Waals surface area contributed by atoms with Crippen LogP contribution in [0.1, 0.15) is 48.1 Å². The molecule has 32 heavy (non-hydrogen) atoms. The molecule has 2 aromatic heterocycles. The van der Waals surface area contributed by atoms with Gasteiger partial charge in [0.25, 0.3) is 11.8 Å². The van der Waals surface area contributed by atoms with Gasteiger partial charge in [-0.2, -0.15) is 10.1 Å². The minimum absolute atomic E-state index is 0.413. The summed E-state index contributed by atoms with van der Waals surface area (Å²) in [5, 5.41) is 8.98. The van der Waals surface area contributed by atoms with E-state index in [1.807, 2.05) is 41.9 Å². The molecule has 9 heteroatoms. The molecule has 1 aliphatic heterocycles. The van der Waals surface area contributed by atoms with Crippen LogP contribution in [-0.2, 0) is 17.8 Å². The van der Waals surface area contributed by atoms with Crippen LogP contribution in [0.3, 0.4) is 0 Å². The van der Waals surface area contributed by atoms with E-state index >= 15 is 0 Å². The molecule has 0 bridgehead atoms. The van der Waals surface area contributed by atoms with Gasteiger partial charge >= 0.3 is 6.03 Å². The highest BCUT2D eigenvalue weighted by Crippen LogP contribution is 2.29. The Kier molecular flexibility index (Phi) is 5.77. The van der Waals surface area contributed by atoms with Gasteiger partial charge in [-0.3, -0.25) is 19.7 Å². The normalized spacial score (nSPS) is 18.6. The first kappa shape index (κ1) is 22.0. The fourth-order valence-corrected chi connectivity index (χ4v) is 4.91. The number of benzene rings is 1. The van der Waals surface area contributed by atoms with E-state index in [1.165, 1.54) is 11.3 Å². The standard InChI is InChI=1S/C23H27N5O3S/c1-14(2)13-27-20-17(15(3)25-27)12-18(32-20)19(29)26-28-21(30)23(4,24-22(28)31)11-10-16-8-6-5-7-9-16/h5-9,12,14H,10-11,13H2,1-4H3,(H,24,31)(H,26,29)/t23-/m1/s1. The summed E-state index contributed by atoms with van der Waals surface area (Å²) in [6.45, 7) is 8.56. The molecule has 1 fully saturated rings. The van der Waals surface area contributed by atoms with Crippen LogP contribution in [0.5, 0.6) is 0 Å². The van der Waals surface area contributed by atoms with Crippen molar-refractivity contribution >= 4 is 39.4 Å². The lowest BCUT2D eigenvalue weighted by atomic mass is 9.93. The van der Waals surface area contributed by atoms with Crippen molar-refractivity contribution in [2.45, 2.75) is 52.6 Å². The van der Waals surface area contributed by atoms with Gasteiger partial charge in [0.1, 0.15) is 10.4 Å². The van der Waals surface area contributed by atoms with E-state index in [4.69, 9.17) is 0 Å². The lowest BCUT2D eigenvalue weighted by molar-refractivity contribution is -0.132. The van der Waals surface area contributed by atoms with Gasteiger partial charge in [0.2, 0.25) is 0 Å². The number of aryl methyl sites for hydroxylation is 2. The molecule has 4 amide bonds. The van der Waals surface area contributed by atoms with Crippen LogP contribution in [0.4, 0.5) is 4.79 Å². The summed E-state index contributed by atoms with van der Waals surface area (Å²) >= 11 is 1.31. The first-order valence-electron chi connectivity index (χ1n) is 10.7. The lowest BCUT2D eigenvalue weighted by Gasteiger charge is -2.21. The summed E-state index contributed by atoms with van der Waals surface area (Å²) in [7, 11) is 0. The van der Waals surface area contributed by atoms with E-state index in [1.54, 1.807) is 13.0 Å². The SMILES string of the molecule is Cc1nn(CC(C)C)c2sc(C(=O)NN3C(=O)N[C@](C)(CCc4ccccc4)C3=O)cc12. The number of urea groups is 1. The number of hydrogen-bond donors (Lipinski definition) is 2. The first-order chi connectivity index (χ1) is 15.2. The van der Waals surface area contributed by atoms with Gasteiger partial charge in [-0.15, -0.1) is 11.3 Å². The Morgan fingerprint density at radius 1 is 1.25 bits per heavy atom. The zero-order valence-corrected chi connectivity index (χ0v) is 19.5. The Labute approximate surface area is 190 Å². The minimum atomic E-state index is -1.07. The topological polar surface area (TPSA) is 96.3 Å². The third kappa shape index (κ3) is 4.12. The third-order valence-corrected chi connectivity index (χ3v) is 6.75. The van der Waals surface area contributed by atoms with Crippen molar-refractivity contribution < 1.29 is 14.4 Å². The van der Waals surface area contributed by atoms with E-state index in [2.05, 4.69) is 29.7 Å². The summed E-state index contributed by atoms with van der Waals surface area (Å²) in [6, 6.07) is 10.9. The van der Waals surface area contributed by atoms with E-state index in [9.17, 15) is 14.4 Å². The lowest BCUT2D eigenvalue weighted by Crippen LogP contribution is -2.48. The Balaban J connectivity index is 1.48. The van der Waals surface area contributed by atoms with Crippen molar-refractivity contribution in [2.24, 2.45) is 5.92 Å². The molecule has 0 saturated carbocycles.